The number of amides is 1. The smallest absolute Gasteiger partial charge is 0.220 e. The van der Waals surface area contributed by atoms with Gasteiger partial charge in [-0.15, -0.1) is 0 Å². The molecule has 0 saturated carbocycles. The fourth-order valence-electron chi connectivity index (χ4n) is 8.75. The second-order valence-electron chi connectivity index (χ2n) is 18.7. The first-order chi connectivity index (χ1) is 29.3. The summed E-state index contributed by atoms with van der Waals surface area (Å²) in [5.41, 5.74) is 0. The van der Waals surface area contributed by atoms with Gasteiger partial charge in [0.25, 0.3) is 0 Å². The number of ether oxygens (including phenoxy) is 2. The van der Waals surface area contributed by atoms with E-state index in [2.05, 4.69) is 19.2 Å². The zero-order chi connectivity index (χ0) is 43.7. The van der Waals surface area contributed by atoms with Gasteiger partial charge >= 0.3 is 0 Å². The van der Waals surface area contributed by atoms with E-state index in [1.165, 1.54) is 199 Å². The predicted molar refractivity (Wildman–Crippen MR) is 249 cm³/mol. The van der Waals surface area contributed by atoms with Crippen molar-refractivity contribution in [3.8, 4) is 0 Å². The minimum Gasteiger partial charge on any atom is -0.394 e. The molecule has 0 radical (unpaired) electrons. The van der Waals surface area contributed by atoms with E-state index in [4.69, 9.17) is 9.47 Å². The molecule has 1 saturated heterocycles. The van der Waals surface area contributed by atoms with E-state index < -0.39 is 49.5 Å². The maximum Gasteiger partial charge on any atom is 0.220 e. The zero-order valence-corrected chi connectivity index (χ0v) is 39.5. The molecule has 1 aliphatic heterocycles. The van der Waals surface area contributed by atoms with Gasteiger partial charge in [0.05, 0.1) is 25.4 Å². The Bertz CT molecular complexity index is 908. The lowest BCUT2D eigenvalue weighted by Gasteiger charge is -2.40. The summed E-state index contributed by atoms with van der Waals surface area (Å²) in [6, 6.07) is -0.712. The topological polar surface area (TPSA) is 149 Å². The van der Waals surface area contributed by atoms with Gasteiger partial charge in [0.15, 0.2) is 6.29 Å². The molecule has 7 atom stereocenters. The van der Waals surface area contributed by atoms with E-state index in [-0.39, 0.29) is 12.5 Å². The second kappa shape index (κ2) is 42.2. The Morgan fingerprint density at radius 1 is 0.500 bits per heavy atom. The minimum atomic E-state index is -1.55. The van der Waals surface area contributed by atoms with Gasteiger partial charge in [-0.2, -0.15) is 0 Å². The van der Waals surface area contributed by atoms with Crippen molar-refractivity contribution in [2.75, 3.05) is 13.2 Å². The van der Waals surface area contributed by atoms with Crippen LogP contribution in [-0.2, 0) is 14.3 Å². The maximum absolute atomic E-state index is 13.0. The maximum atomic E-state index is 13.0. The van der Waals surface area contributed by atoms with Crippen LogP contribution in [0.5, 0.6) is 0 Å². The fraction of sp³-hybridized carbons (Fsp3) is 0.980. The molecule has 0 aromatic rings. The largest absolute Gasteiger partial charge is 0.394 e. The van der Waals surface area contributed by atoms with Gasteiger partial charge in [0, 0.05) is 6.42 Å². The van der Waals surface area contributed by atoms with Crippen molar-refractivity contribution < 1.29 is 39.8 Å². The van der Waals surface area contributed by atoms with E-state index in [0.29, 0.717) is 12.8 Å². The van der Waals surface area contributed by atoms with Gasteiger partial charge in [0.1, 0.15) is 24.4 Å². The number of aliphatic hydroxyl groups is 5. The molecule has 2 unspecified atom stereocenters. The number of carbonyl (C=O) groups excluding carboxylic acids is 1. The number of hydrogen-bond donors (Lipinski definition) is 6. The lowest BCUT2D eigenvalue weighted by atomic mass is 9.99. The Balaban J connectivity index is 2.19. The van der Waals surface area contributed by atoms with Gasteiger partial charge < -0.3 is 40.3 Å². The van der Waals surface area contributed by atoms with E-state index in [0.717, 1.165) is 38.5 Å². The highest BCUT2D eigenvalue weighted by atomic mass is 16.7. The molecule has 0 aromatic heterocycles. The summed E-state index contributed by atoms with van der Waals surface area (Å²) < 4.78 is 11.3. The van der Waals surface area contributed by atoms with Crippen LogP contribution in [0.3, 0.4) is 0 Å². The number of carbonyl (C=O) groups is 1. The Kier molecular flexibility index (Phi) is 40.2. The van der Waals surface area contributed by atoms with Crippen molar-refractivity contribution in [2.45, 2.75) is 307 Å². The molecule has 0 bridgehead atoms. The highest BCUT2D eigenvalue weighted by molar-refractivity contribution is 5.76. The first kappa shape index (κ1) is 57.2. The number of hydrogen-bond acceptors (Lipinski definition) is 8. The number of rotatable bonds is 45. The Labute approximate surface area is 370 Å². The standard InChI is InChI=1S/C51H101NO8/c1-3-5-7-9-11-13-15-17-18-19-20-21-22-23-24-25-26-27-29-31-33-35-37-39-41-47(55)52-44(43-59-51-50(58)49(57)48(56)46(42-53)60-51)45(54)40-38-36-34-32-30-28-16-14-12-10-8-6-4-2/h44-46,48-51,53-54,56-58H,3-43H2,1-2H3,(H,52,55)/t44-,45+,46+,48-,49?,50?,51+/m0/s1. The van der Waals surface area contributed by atoms with Crippen molar-refractivity contribution in [1.82, 2.24) is 5.32 Å². The van der Waals surface area contributed by atoms with Crippen molar-refractivity contribution >= 4 is 5.91 Å². The van der Waals surface area contributed by atoms with Crippen molar-refractivity contribution in [3.63, 3.8) is 0 Å². The third kappa shape index (κ3) is 31.9. The van der Waals surface area contributed by atoms with Gasteiger partial charge in [0.2, 0.25) is 5.91 Å². The summed E-state index contributed by atoms with van der Waals surface area (Å²) in [5.74, 6) is -0.138. The predicted octanol–water partition coefficient (Wildman–Crippen LogP) is 11.9. The summed E-state index contributed by atoms with van der Waals surface area (Å²) in [4.78, 5) is 13.0. The molecule has 0 spiro atoms. The third-order valence-electron chi connectivity index (χ3n) is 13.0. The normalized spacial score (nSPS) is 20.4. The lowest BCUT2D eigenvalue weighted by molar-refractivity contribution is -0.302. The van der Waals surface area contributed by atoms with Crippen LogP contribution in [0.15, 0.2) is 0 Å². The van der Waals surface area contributed by atoms with Gasteiger partial charge in [-0.25, -0.2) is 0 Å². The number of nitrogens with one attached hydrogen (secondary N) is 1. The zero-order valence-electron chi connectivity index (χ0n) is 39.5. The summed E-state index contributed by atoms with van der Waals surface area (Å²) in [5, 5.41) is 54.5. The first-order valence-corrected chi connectivity index (χ1v) is 26.2. The molecule has 1 fully saturated rings. The SMILES string of the molecule is CCCCCCCCCCCCCCCCCCCCCCCCCCC(=O)N[C@@H](CO[C@@H]1O[C@H](CO)[C@H](O)C(O)C1O)[C@H](O)CCCCCCCCCCCCCCC. The minimum absolute atomic E-state index is 0.131. The van der Waals surface area contributed by atoms with E-state index in [1.807, 2.05) is 0 Å². The number of aliphatic hydroxyl groups excluding tert-OH is 5. The van der Waals surface area contributed by atoms with Crippen LogP contribution in [0, 0.1) is 0 Å². The van der Waals surface area contributed by atoms with Crippen LogP contribution in [0.4, 0.5) is 0 Å². The van der Waals surface area contributed by atoms with Crippen LogP contribution < -0.4 is 5.32 Å². The molecule has 358 valence electrons. The summed E-state index contributed by atoms with van der Waals surface area (Å²) in [7, 11) is 0. The Morgan fingerprint density at radius 2 is 0.833 bits per heavy atom. The Morgan fingerprint density at radius 3 is 1.18 bits per heavy atom. The van der Waals surface area contributed by atoms with Crippen LogP contribution in [0.25, 0.3) is 0 Å². The molecule has 0 aliphatic carbocycles. The quantitative estimate of drug-likeness (QED) is 0.0332. The highest BCUT2D eigenvalue weighted by Crippen LogP contribution is 2.23. The molecule has 9 heteroatoms. The van der Waals surface area contributed by atoms with Crippen LogP contribution in [-0.4, -0.2) is 87.5 Å². The average molecular weight is 856 g/mol. The monoisotopic (exact) mass is 856 g/mol. The van der Waals surface area contributed by atoms with Crippen molar-refractivity contribution in [1.29, 1.82) is 0 Å². The van der Waals surface area contributed by atoms with Gasteiger partial charge in [-0.05, 0) is 12.8 Å². The second-order valence-corrected chi connectivity index (χ2v) is 18.7. The molecule has 0 aromatic carbocycles. The van der Waals surface area contributed by atoms with Crippen molar-refractivity contribution in [2.24, 2.45) is 0 Å². The molecule has 60 heavy (non-hydrogen) atoms. The van der Waals surface area contributed by atoms with Crippen molar-refractivity contribution in [3.05, 3.63) is 0 Å². The molecule has 9 nitrogen and oxygen atoms in total. The van der Waals surface area contributed by atoms with E-state index >= 15 is 0 Å². The lowest BCUT2D eigenvalue weighted by Crippen LogP contribution is -2.60. The molecule has 6 N–H and O–H groups in total. The van der Waals surface area contributed by atoms with Crippen LogP contribution in [0.1, 0.15) is 264 Å². The molecule has 1 amide bonds. The molecular formula is C51H101NO8. The van der Waals surface area contributed by atoms with Crippen LogP contribution >= 0.6 is 0 Å². The van der Waals surface area contributed by atoms with E-state index in [1.54, 1.807) is 0 Å². The summed E-state index contributed by atoms with van der Waals surface area (Å²) in [6.07, 6.45) is 41.2. The van der Waals surface area contributed by atoms with E-state index in [9.17, 15) is 30.3 Å². The molecule has 1 rings (SSSR count). The summed E-state index contributed by atoms with van der Waals surface area (Å²) >= 11 is 0. The molecule has 1 heterocycles. The van der Waals surface area contributed by atoms with Crippen LogP contribution in [0.2, 0.25) is 0 Å². The molecule has 1 aliphatic rings. The Hall–Kier alpha value is -0.810. The number of unbranched alkanes of at least 4 members (excludes halogenated alkanes) is 35. The summed E-state index contributed by atoms with van der Waals surface area (Å²) in [6.45, 7) is 3.86. The highest BCUT2D eigenvalue weighted by Gasteiger charge is 2.44. The third-order valence-corrected chi connectivity index (χ3v) is 13.0. The first-order valence-electron chi connectivity index (χ1n) is 26.2. The van der Waals surface area contributed by atoms with Gasteiger partial charge in [-0.1, -0.05) is 245 Å². The fourth-order valence-corrected chi connectivity index (χ4v) is 8.75. The molecular weight excluding hydrogens is 755 g/mol. The average Bonchev–Trinajstić information content (AvgIpc) is 3.25. The van der Waals surface area contributed by atoms with Gasteiger partial charge in [-0.3, -0.25) is 4.79 Å².